The van der Waals surface area contributed by atoms with Gasteiger partial charge in [0.05, 0.1) is 12.2 Å². The van der Waals surface area contributed by atoms with Gasteiger partial charge in [0, 0.05) is 19.3 Å². The Labute approximate surface area is 97.7 Å². The molecule has 1 N–H and O–H groups in total. The predicted molar refractivity (Wildman–Crippen MR) is 63.5 cm³/mol. The van der Waals surface area contributed by atoms with Gasteiger partial charge in [0.1, 0.15) is 15.4 Å². The number of hydrogen-bond donors (Lipinski definition) is 1. The fraction of sp³-hybridized carbons (Fsp3) is 0.455. The van der Waals surface area contributed by atoms with E-state index in [0.717, 1.165) is 28.4 Å². The summed E-state index contributed by atoms with van der Waals surface area (Å²) < 4.78 is 5.84. The number of nitrogens with zero attached hydrogens (tertiary/aromatic N) is 2. The Kier molecular flexibility index (Phi) is 2.38. The fourth-order valence-corrected chi connectivity index (χ4v) is 2.51. The van der Waals surface area contributed by atoms with E-state index in [0.29, 0.717) is 6.61 Å². The maximum atomic E-state index is 5.84. The molecule has 0 spiro atoms. The molecular weight excluding hydrogens is 222 g/mol. The third kappa shape index (κ3) is 1.81. The number of nitrogens with one attached hydrogen (secondary N) is 1. The largest absolute Gasteiger partial charge is 0.365 e. The number of pyridine rings is 1. The van der Waals surface area contributed by atoms with Gasteiger partial charge in [-0.05, 0) is 19.1 Å². The summed E-state index contributed by atoms with van der Waals surface area (Å²) in [5, 5.41) is 4.21. The number of ether oxygens (including phenoxy) is 1. The molecule has 1 fully saturated rings. The molecule has 0 unspecified atom stereocenters. The van der Waals surface area contributed by atoms with Gasteiger partial charge in [-0.25, -0.2) is 9.97 Å². The molecule has 0 aliphatic carbocycles. The van der Waals surface area contributed by atoms with Crippen LogP contribution in [-0.4, -0.2) is 28.7 Å². The molecule has 0 saturated carbocycles. The summed E-state index contributed by atoms with van der Waals surface area (Å²) in [6.45, 7) is 4.56. The molecule has 0 amide bonds. The van der Waals surface area contributed by atoms with Crippen molar-refractivity contribution in [1.29, 1.82) is 0 Å². The Morgan fingerprint density at radius 2 is 2.44 bits per heavy atom. The number of thiazole rings is 1. The lowest BCUT2D eigenvalue weighted by Gasteiger charge is -2.38. The van der Waals surface area contributed by atoms with Crippen molar-refractivity contribution in [2.45, 2.75) is 19.1 Å². The maximum absolute atomic E-state index is 5.84. The van der Waals surface area contributed by atoms with Crippen LogP contribution in [0.15, 0.2) is 18.3 Å². The smallest absolute Gasteiger partial charge is 0.143 e. The number of rotatable bonds is 3. The standard InChI is InChI=1S/C11H13N3OS/c1-11(6-12-7-11)15-5-9-14-8-3-2-4-13-10(8)16-9/h2-4,12H,5-7H2,1H3. The molecule has 1 aliphatic heterocycles. The molecule has 1 aliphatic rings. The molecule has 84 valence electrons. The normalized spacial score (nSPS) is 18.6. The van der Waals surface area contributed by atoms with Crippen LogP contribution in [-0.2, 0) is 11.3 Å². The van der Waals surface area contributed by atoms with Gasteiger partial charge < -0.3 is 10.1 Å². The van der Waals surface area contributed by atoms with Crippen molar-refractivity contribution in [2.24, 2.45) is 0 Å². The molecule has 0 bridgehead atoms. The lowest BCUT2D eigenvalue weighted by atomic mass is 10.0. The van der Waals surface area contributed by atoms with Crippen molar-refractivity contribution < 1.29 is 4.74 Å². The summed E-state index contributed by atoms with van der Waals surface area (Å²) in [5.41, 5.74) is 0.952. The van der Waals surface area contributed by atoms with E-state index >= 15 is 0 Å². The minimum atomic E-state index is -0.00865. The molecule has 3 rings (SSSR count). The van der Waals surface area contributed by atoms with Gasteiger partial charge in [-0.2, -0.15) is 0 Å². The zero-order chi connectivity index (χ0) is 11.0. The van der Waals surface area contributed by atoms with E-state index in [-0.39, 0.29) is 5.60 Å². The molecule has 5 heteroatoms. The third-order valence-electron chi connectivity index (χ3n) is 2.75. The molecule has 0 radical (unpaired) electrons. The minimum Gasteiger partial charge on any atom is -0.365 e. The Hall–Kier alpha value is -1.04. The summed E-state index contributed by atoms with van der Waals surface area (Å²) in [6, 6.07) is 3.89. The Morgan fingerprint density at radius 3 is 3.12 bits per heavy atom. The SMILES string of the molecule is CC1(OCc2nc3cccnc3s2)CNC1. The quantitative estimate of drug-likeness (QED) is 0.877. The third-order valence-corrected chi connectivity index (χ3v) is 3.71. The van der Waals surface area contributed by atoms with Gasteiger partial charge in [0.25, 0.3) is 0 Å². The van der Waals surface area contributed by atoms with Gasteiger partial charge in [0.15, 0.2) is 0 Å². The highest BCUT2D eigenvalue weighted by atomic mass is 32.1. The van der Waals surface area contributed by atoms with E-state index in [1.165, 1.54) is 0 Å². The van der Waals surface area contributed by atoms with Crippen LogP contribution in [0.5, 0.6) is 0 Å². The molecule has 1 saturated heterocycles. The van der Waals surface area contributed by atoms with Crippen LogP contribution in [0.25, 0.3) is 10.3 Å². The molecular formula is C11H13N3OS. The summed E-state index contributed by atoms with van der Waals surface area (Å²) >= 11 is 1.60. The highest BCUT2D eigenvalue weighted by molar-refractivity contribution is 7.18. The van der Waals surface area contributed by atoms with Crippen molar-refractivity contribution >= 4 is 21.7 Å². The van der Waals surface area contributed by atoms with Crippen LogP contribution < -0.4 is 5.32 Å². The second kappa shape index (κ2) is 3.76. The van der Waals surface area contributed by atoms with Crippen LogP contribution in [0.1, 0.15) is 11.9 Å². The average molecular weight is 235 g/mol. The Morgan fingerprint density at radius 1 is 1.56 bits per heavy atom. The van der Waals surface area contributed by atoms with Gasteiger partial charge in [-0.15, -0.1) is 0 Å². The first kappa shape index (κ1) is 10.1. The summed E-state index contributed by atoms with van der Waals surface area (Å²) in [7, 11) is 0. The second-order valence-electron chi connectivity index (χ2n) is 4.28. The first-order valence-electron chi connectivity index (χ1n) is 5.30. The van der Waals surface area contributed by atoms with Gasteiger partial charge in [0.2, 0.25) is 0 Å². The van der Waals surface area contributed by atoms with Gasteiger partial charge in [-0.3, -0.25) is 0 Å². The highest BCUT2D eigenvalue weighted by Crippen LogP contribution is 2.23. The van der Waals surface area contributed by atoms with Crippen molar-refractivity contribution in [3.8, 4) is 0 Å². The maximum Gasteiger partial charge on any atom is 0.143 e. The van der Waals surface area contributed by atoms with Crippen molar-refractivity contribution in [3.63, 3.8) is 0 Å². The zero-order valence-electron chi connectivity index (χ0n) is 9.06. The summed E-state index contributed by atoms with van der Waals surface area (Å²) in [4.78, 5) is 9.74. The molecule has 0 atom stereocenters. The predicted octanol–water partition coefficient (Wildman–Crippen LogP) is 1.57. The van der Waals surface area contributed by atoms with Crippen molar-refractivity contribution in [1.82, 2.24) is 15.3 Å². The number of fused-ring (bicyclic) bond motifs is 1. The van der Waals surface area contributed by atoms with Crippen LogP contribution >= 0.6 is 11.3 Å². The number of aromatic nitrogens is 2. The van der Waals surface area contributed by atoms with E-state index in [1.807, 2.05) is 12.1 Å². The topological polar surface area (TPSA) is 47.0 Å². The fourth-order valence-electron chi connectivity index (χ4n) is 1.69. The monoisotopic (exact) mass is 235 g/mol. The molecule has 2 aromatic heterocycles. The van der Waals surface area contributed by atoms with Crippen molar-refractivity contribution in [3.05, 3.63) is 23.3 Å². The van der Waals surface area contributed by atoms with Crippen LogP contribution in [0.4, 0.5) is 0 Å². The Bertz CT molecular complexity index is 474. The second-order valence-corrected chi connectivity index (χ2v) is 5.34. The molecule has 2 aromatic rings. The van der Waals surface area contributed by atoms with Gasteiger partial charge in [-0.1, -0.05) is 11.3 Å². The minimum absolute atomic E-state index is 0.00865. The highest BCUT2D eigenvalue weighted by Gasteiger charge is 2.32. The van der Waals surface area contributed by atoms with Crippen LogP contribution in [0, 0.1) is 0 Å². The van der Waals surface area contributed by atoms with E-state index < -0.39 is 0 Å². The van der Waals surface area contributed by atoms with E-state index in [9.17, 15) is 0 Å². The first-order valence-corrected chi connectivity index (χ1v) is 6.12. The Balaban J connectivity index is 1.74. The first-order chi connectivity index (χ1) is 7.75. The lowest BCUT2D eigenvalue weighted by molar-refractivity contribution is -0.0767. The summed E-state index contributed by atoms with van der Waals surface area (Å²) in [6.07, 6.45) is 1.79. The molecule has 16 heavy (non-hydrogen) atoms. The molecule has 3 heterocycles. The lowest BCUT2D eigenvalue weighted by Crippen LogP contribution is -2.58. The molecule has 0 aromatic carbocycles. The summed E-state index contributed by atoms with van der Waals surface area (Å²) in [5.74, 6) is 0. The molecule has 4 nitrogen and oxygen atoms in total. The van der Waals surface area contributed by atoms with E-state index in [2.05, 4.69) is 22.2 Å². The number of hydrogen-bond acceptors (Lipinski definition) is 5. The van der Waals surface area contributed by atoms with Gasteiger partial charge >= 0.3 is 0 Å². The van der Waals surface area contributed by atoms with E-state index in [4.69, 9.17) is 4.74 Å². The average Bonchev–Trinajstić information content (AvgIpc) is 2.66. The van der Waals surface area contributed by atoms with Crippen LogP contribution in [0.3, 0.4) is 0 Å². The van der Waals surface area contributed by atoms with Crippen molar-refractivity contribution in [2.75, 3.05) is 13.1 Å². The zero-order valence-corrected chi connectivity index (χ0v) is 9.88. The van der Waals surface area contributed by atoms with Crippen LogP contribution in [0.2, 0.25) is 0 Å². The van der Waals surface area contributed by atoms with E-state index in [1.54, 1.807) is 17.5 Å².